The third-order valence-electron chi connectivity index (χ3n) is 2.02. The molecule has 0 rings (SSSR count). The average Bonchev–Trinajstić information content (AvgIpc) is 2.26. The molecule has 15 heavy (non-hydrogen) atoms. The molecule has 0 amide bonds. The lowest BCUT2D eigenvalue weighted by molar-refractivity contribution is 0.301. The van der Waals surface area contributed by atoms with Crippen molar-refractivity contribution < 1.29 is 14.9 Å². The van der Waals surface area contributed by atoms with Gasteiger partial charge in [0.05, 0.1) is 25.7 Å². The van der Waals surface area contributed by atoms with Gasteiger partial charge in [0.15, 0.2) is 0 Å². The predicted molar refractivity (Wildman–Crippen MR) is 61.2 cm³/mol. The Labute approximate surface area is 92.1 Å². The first-order valence-corrected chi connectivity index (χ1v) is 5.51. The Kier molecular flexibility index (Phi) is 9.22. The Morgan fingerprint density at radius 2 is 1.33 bits per heavy atom. The van der Waals surface area contributed by atoms with Gasteiger partial charge in [0.1, 0.15) is 0 Å². The van der Waals surface area contributed by atoms with Crippen molar-refractivity contribution in [3.05, 3.63) is 23.7 Å². The van der Waals surface area contributed by atoms with Gasteiger partial charge in [-0.3, -0.25) is 0 Å². The minimum atomic E-state index is 0.0317. The molecule has 3 heteroatoms. The van der Waals surface area contributed by atoms with E-state index >= 15 is 0 Å². The molecule has 0 radical (unpaired) electrons. The molecule has 0 aliphatic carbocycles. The molecule has 0 unspecified atom stereocenters. The van der Waals surface area contributed by atoms with Crippen molar-refractivity contribution in [1.29, 1.82) is 0 Å². The average molecular weight is 214 g/mol. The first kappa shape index (κ1) is 14.2. The van der Waals surface area contributed by atoms with E-state index in [9.17, 15) is 0 Å². The SMILES string of the molecule is CCCC(=COC=C(CO)CCC)CO. The summed E-state index contributed by atoms with van der Waals surface area (Å²) in [6.07, 6.45) is 6.78. The Morgan fingerprint density at radius 1 is 0.933 bits per heavy atom. The Balaban J connectivity index is 4.09. The maximum absolute atomic E-state index is 8.96. The van der Waals surface area contributed by atoms with E-state index in [1.165, 1.54) is 0 Å². The summed E-state index contributed by atoms with van der Waals surface area (Å²) < 4.78 is 5.20. The van der Waals surface area contributed by atoms with Crippen LogP contribution in [-0.4, -0.2) is 23.4 Å². The lowest BCUT2D eigenvalue weighted by atomic mass is 10.2. The quantitative estimate of drug-likeness (QED) is 0.610. The van der Waals surface area contributed by atoms with Crippen LogP contribution >= 0.6 is 0 Å². The van der Waals surface area contributed by atoms with E-state index in [4.69, 9.17) is 14.9 Å². The minimum absolute atomic E-state index is 0.0317. The van der Waals surface area contributed by atoms with Crippen LogP contribution in [0, 0.1) is 0 Å². The highest BCUT2D eigenvalue weighted by atomic mass is 16.5. The molecule has 0 saturated carbocycles. The summed E-state index contributed by atoms with van der Waals surface area (Å²) in [6, 6.07) is 0. The highest BCUT2D eigenvalue weighted by Crippen LogP contribution is 2.07. The summed E-state index contributed by atoms with van der Waals surface area (Å²) in [7, 11) is 0. The van der Waals surface area contributed by atoms with Crippen molar-refractivity contribution >= 4 is 0 Å². The molecule has 0 aromatic heterocycles. The highest BCUT2D eigenvalue weighted by Gasteiger charge is 1.95. The van der Waals surface area contributed by atoms with E-state index in [0.717, 1.165) is 36.8 Å². The Morgan fingerprint density at radius 3 is 1.60 bits per heavy atom. The molecule has 0 aliphatic heterocycles. The number of rotatable bonds is 8. The molecule has 0 aromatic rings. The smallest absolute Gasteiger partial charge is 0.0916 e. The lowest BCUT2D eigenvalue weighted by Crippen LogP contribution is -1.93. The van der Waals surface area contributed by atoms with E-state index < -0.39 is 0 Å². The fraction of sp³-hybridized carbons (Fsp3) is 0.667. The van der Waals surface area contributed by atoms with Crippen molar-refractivity contribution in [2.45, 2.75) is 39.5 Å². The summed E-state index contributed by atoms with van der Waals surface area (Å²) in [4.78, 5) is 0. The monoisotopic (exact) mass is 214 g/mol. The van der Waals surface area contributed by atoms with Gasteiger partial charge in [-0.2, -0.15) is 0 Å². The second kappa shape index (κ2) is 9.74. The third kappa shape index (κ3) is 7.17. The minimum Gasteiger partial charge on any atom is -0.473 e. The number of hydrogen-bond donors (Lipinski definition) is 2. The Bertz CT molecular complexity index is 185. The van der Waals surface area contributed by atoms with Crippen LogP contribution in [-0.2, 0) is 4.74 Å². The van der Waals surface area contributed by atoms with E-state index in [0.29, 0.717) is 0 Å². The summed E-state index contributed by atoms with van der Waals surface area (Å²) in [5.74, 6) is 0. The third-order valence-corrected chi connectivity index (χ3v) is 2.02. The fourth-order valence-electron chi connectivity index (χ4n) is 1.22. The van der Waals surface area contributed by atoms with Crippen molar-refractivity contribution in [3.8, 4) is 0 Å². The van der Waals surface area contributed by atoms with Gasteiger partial charge < -0.3 is 14.9 Å². The van der Waals surface area contributed by atoms with Crippen LogP contribution in [0.2, 0.25) is 0 Å². The van der Waals surface area contributed by atoms with E-state index in [2.05, 4.69) is 13.8 Å². The second-order valence-corrected chi connectivity index (χ2v) is 3.50. The van der Waals surface area contributed by atoms with Gasteiger partial charge >= 0.3 is 0 Å². The molecule has 0 aliphatic rings. The summed E-state index contributed by atoms with van der Waals surface area (Å²) in [5, 5.41) is 17.9. The summed E-state index contributed by atoms with van der Waals surface area (Å²) in [5.41, 5.74) is 1.75. The van der Waals surface area contributed by atoms with Crippen LogP contribution in [0.5, 0.6) is 0 Å². The van der Waals surface area contributed by atoms with Crippen molar-refractivity contribution in [2.75, 3.05) is 13.2 Å². The van der Waals surface area contributed by atoms with Gasteiger partial charge in [-0.1, -0.05) is 26.7 Å². The number of hydrogen-bond acceptors (Lipinski definition) is 3. The van der Waals surface area contributed by atoms with Gasteiger partial charge in [-0.05, 0) is 24.0 Å². The van der Waals surface area contributed by atoms with Gasteiger partial charge in [-0.25, -0.2) is 0 Å². The van der Waals surface area contributed by atoms with Crippen molar-refractivity contribution in [1.82, 2.24) is 0 Å². The molecule has 0 aromatic carbocycles. The molecule has 0 heterocycles. The first-order valence-electron chi connectivity index (χ1n) is 5.51. The second-order valence-electron chi connectivity index (χ2n) is 3.50. The number of ether oxygens (including phenoxy) is 1. The van der Waals surface area contributed by atoms with Gasteiger partial charge in [0, 0.05) is 0 Å². The van der Waals surface area contributed by atoms with Crippen LogP contribution in [0.1, 0.15) is 39.5 Å². The normalized spacial score (nSPS) is 13.1. The highest BCUT2D eigenvalue weighted by molar-refractivity contribution is 5.02. The maximum atomic E-state index is 8.96. The summed E-state index contributed by atoms with van der Waals surface area (Å²) >= 11 is 0. The van der Waals surface area contributed by atoms with Crippen LogP contribution in [0.15, 0.2) is 23.7 Å². The zero-order valence-electron chi connectivity index (χ0n) is 9.70. The zero-order chi connectivity index (χ0) is 11.5. The van der Waals surface area contributed by atoms with Crippen LogP contribution in [0.25, 0.3) is 0 Å². The molecular formula is C12H22O3. The summed E-state index contributed by atoms with van der Waals surface area (Å²) in [6.45, 7) is 4.17. The number of aliphatic hydroxyl groups excluding tert-OH is 2. The molecule has 0 atom stereocenters. The molecule has 2 N–H and O–H groups in total. The number of aliphatic hydroxyl groups is 2. The molecule has 88 valence electrons. The van der Waals surface area contributed by atoms with Crippen molar-refractivity contribution in [3.63, 3.8) is 0 Å². The standard InChI is InChI=1S/C12H22O3/c1-3-5-11(7-13)9-15-10-12(8-14)6-4-2/h9-10,13-14H,3-8H2,1-2H3. The van der Waals surface area contributed by atoms with Gasteiger partial charge in [-0.15, -0.1) is 0 Å². The maximum Gasteiger partial charge on any atom is 0.0916 e. The lowest BCUT2D eigenvalue weighted by Gasteiger charge is -2.03. The molecule has 0 fully saturated rings. The van der Waals surface area contributed by atoms with E-state index in [1.54, 1.807) is 12.5 Å². The molecule has 3 nitrogen and oxygen atoms in total. The predicted octanol–water partition coefficient (Wildman–Crippen LogP) is 2.36. The van der Waals surface area contributed by atoms with Crippen LogP contribution in [0.4, 0.5) is 0 Å². The van der Waals surface area contributed by atoms with Crippen molar-refractivity contribution in [2.24, 2.45) is 0 Å². The topological polar surface area (TPSA) is 49.7 Å². The largest absolute Gasteiger partial charge is 0.473 e. The van der Waals surface area contributed by atoms with Crippen LogP contribution in [0.3, 0.4) is 0 Å². The van der Waals surface area contributed by atoms with Gasteiger partial charge in [0.2, 0.25) is 0 Å². The van der Waals surface area contributed by atoms with Gasteiger partial charge in [0.25, 0.3) is 0 Å². The molecular weight excluding hydrogens is 192 g/mol. The van der Waals surface area contributed by atoms with E-state index in [1.807, 2.05) is 0 Å². The van der Waals surface area contributed by atoms with Crippen LogP contribution < -0.4 is 0 Å². The first-order chi connectivity index (χ1) is 7.28. The molecule has 0 saturated heterocycles. The van der Waals surface area contributed by atoms with E-state index in [-0.39, 0.29) is 13.2 Å². The Hall–Kier alpha value is -0.800. The molecule has 0 spiro atoms. The fourth-order valence-corrected chi connectivity index (χ4v) is 1.22. The zero-order valence-corrected chi connectivity index (χ0v) is 9.70. The molecule has 0 bridgehead atoms.